The highest BCUT2D eigenvalue weighted by Crippen LogP contribution is 2.41. The van der Waals surface area contributed by atoms with Crippen LogP contribution in [0.15, 0.2) is 66.3 Å². The maximum absolute atomic E-state index is 12.7. The van der Waals surface area contributed by atoms with Crippen molar-refractivity contribution in [1.82, 2.24) is 15.0 Å². The maximum atomic E-state index is 12.7. The molecule has 0 saturated carbocycles. The number of rotatable bonds is 5. The molecule has 36 heavy (non-hydrogen) atoms. The standard InChI is InChI=1S/C26H25N7O3/c1-3-5-19-21-22(36-26(19)28-2)24(33-10-12-35-13-11-33)32-23(31-21)16-6-4-7-18(14-16)30-25(34)17-8-9-20(27)29-15-17/h3-9,14-15H,1,10-13H2,2H3,(H2,27,29)(H,30,34)/b19-5-,28-26?. The lowest BCUT2D eigenvalue weighted by molar-refractivity contribution is 0.102. The van der Waals surface area contributed by atoms with Gasteiger partial charge in [0.1, 0.15) is 11.5 Å². The minimum absolute atomic E-state index is 0.295. The summed E-state index contributed by atoms with van der Waals surface area (Å²) in [4.78, 5) is 32.8. The third-order valence-electron chi connectivity index (χ3n) is 5.76. The van der Waals surface area contributed by atoms with Gasteiger partial charge in [0.2, 0.25) is 5.90 Å². The molecule has 0 spiro atoms. The third kappa shape index (κ3) is 4.53. The second kappa shape index (κ2) is 9.96. The zero-order valence-electron chi connectivity index (χ0n) is 19.8. The molecule has 0 aliphatic carbocycles. The lowest BCUT2D eigenvalue weighted by atomic mass is 10.1. The second-order valence-corrected chi connectivity index (χ2v) is 8.10. The molecule has 10 nitrogen and oxygen atoms in total. The Morgan fingerprint density at radius 1 is 1.22 bits per heavy atom. The maximum Gasteiger partial charge on any atom is 0.257 e. The molecule has 182 valence electrons. The fourth-order valence-corrected chi connectivity index (χ4v) is 4.00. The third-order valence-corrected chi connectivity index (χ3v) is 5.76. The van der Waals surface area contributed by atoms with E-state index in [-0.39, 0.29) is 5.91 Å². The van der Waals surface area contributed by atoms with Gasteiger partial charge >= 0.3 is 0 Å². The van der Waals surface area contributed by atoms with Crippen LogP contribution >= 0.6 is 0 Å². The van der Waals surface area contributed by atoms with Crippen LogP contribution in [0.3, 0.4) is 0 Å². The minimum atomic E-state index is -0.295. The van der Waals surface area contributed by atoms with E-state index in [1.54, 1.807) is 31.3 Å². The van der Waals surface area contributed by atoms with Gasteiger partial charge in [0.05, 0.1) is 24.4 Å². The highest BCUT2D eigenvalue weighted by atomic mass is 16.5. The number of morpholine rings is 1. The van der Waals surface area contributed by atoms with Gasteiger partial charge in [0.15, 0.2) is 17.4 Å². The van der Waals surface area contributed by atoms with E-state index in [1.807, 2.05) is 24.3 Å². The number of hydrogen-bond donors (Lipinski definition) is 2. The Labute approximate surface area is 208 Å². The first-order chi connectivity index (χ1) is 17.6. The number of pyridine rings is 1. The number of nitrogens with one attached hydrogen (secondary N) is 1. The van der Waals surface area contributed by atoms with Crippen molar-refractivity contribution in [1.29, 1.82) is 0 Å². The van der Waals surface area contributed by atoms with Gasteiger partial charge in [-0.15, -0.1) is 0 Å². The number of hydrogen-bond acceptors (Lipinski definition) is 9. The van der Waals surface area contributed by atoms with Crippen molar-refractivity contribution >= 4 is 34.7 Å². The Morgan fingerprint density at radius 3 is 2.78 bits per heavy atom. The summed E-state index contributed by atoms with van der Waals surface area (Å²) in [5.41, 5.74) is 8.74. The SMILES string of the molecule is C=C/C=C1\C(=NC)Oc2c1nc(-c1cccc(NC(=O)c3ccc(N)nc3)c1)nc2N1CCOCC1. The quantitative estimate of drug-likeness (QED) is 0.566. The van der Waals surface area contributed by atoms with Crippen molar-refractivity contribution in [3.05, 3.63) is 72.6 Å². The number of anilines is 3. The molecule has 1 aromatic carbocycles. The van der Waals surface area contributed by atoms with E-state index in [4.69, 9.17) is 25.2 Å². The molecule has 0 bridgehead atoms. The predicted octanol–water partition coefficient (Wildman–Crippen LogP) is 3.20. The van der Waals surface area contributed by atoms with Crippen molar-refractivity contribution in [2.75, 3.05) is 49.3 Å². The van der Waals surface area contributed by atoms with E-state index in [1.165, 1.54) is 6.20 Å². The van der Waals surface area contributed by atoms with Crippen LogP contribution in [-0.4, -0.2) is 60.1 Å². The monoisotopic (exact) mass is 483 g/mol. The van der Waals surface area contributed by atoms with Crippen LogP contribution in [0.4, 0.5) is 17.3 Å². The van der Waals surface area contributed by atoms with Crippen LogP contribution in [0.2, 0.25) is 0 Å². The smallest absolute Gasteiger partial charge is 0.257 e. The summed E-state index contributed by atoms with van der Waals surface area (Å²) in [6.07, 6.45) is 4.94. The Bertz CT molecular complexity index is 1380. The number of benzene rings is 1. The van der Waals surface area contributed by atoms with Crippen LogP contribution in [0, 0.1) is 0 Å². The summed E-state index contributed by atoms with van der Waals surface area (Å²) in [5, 5.41) is 2.89. The van der Waals surface area contributed by atoms with Gasteiger partial charge < -0.3 is 25.4 Å². The number of fused-ring (bicyclic) bond motifs is 1. The van der Waals surface area contributed by atoms with Crippen LogP contribution in [0.1, 0.15) is 16.1 Å². The molecule has 1 saturated heterocycles. The van der Waals surface area contributed by atoms with E-state index >= 15 is 0 Å². The van der Waals surface area contributed by atoms with E-state index in [0.29, 0.717) is 72.4 Å². The average molecular weight is 484 g/mol. The lowest BCUT2D eigenvalue weighted by Crippen LogP contribution is -2.37. The molecule has 3 aromatic rings. The summed E-state index contributed by atoms with van der Waals surface area (Å²) in [7, 11) is 1.67. The van der Waals surface area contributed by atoms with E-state index in [0.717, 1.165) is 11.1 Å². The van der Waals surface area contributed by atoms with E-state index in [9.17, 15) is 4.79 Å². The van der Waals surface area contributed by atoms with Crippen LogP contribution in [-0.2, 0) is 4.74 Å². The van der Waals surface area contributed by atoms with Gasteiger partial charge in [0, 0.05) is 37.6 Å². The van der Waals surface area contributed by atoms with Crippen molar-refractivity contribution < 1.29 is 14.3 Å². The normalized spacial score (nSPS) is 17.1. The van der Waals surface area contributed by atoms with Gasteiger partial charge in [-0.25, -0.2) is 15.0 Å². The fraction of sp³-hybridized carbons (Fsp3) is 0.192. The molecule has 1 fully saturated rings. The number of ether oxygens (including phenoxy) is 2. The topological polar surface area (TPSA) is 128 Å². The van der Waals surface area contributed by atoms with Crippen molar-refractivity contribution in [2.24, 2.45) is 4.99 Å². The first-order valence-electron chi connectivity index (χ1n) is 11.4. The Hall–Kier alpha value is -4.57. The molecule has 0 radical (unpaired) electrons. The molecule has 0 unspecified atom stereocenters. The second-order valence-electron chi connectivity index (χ2n) is 8.10. The predicted molar refractivity (Wildman–Crippen MR) is 139 cm³/mol. The molecule has 2 aliphatic heterocycles. The summed E-state index contributed by atoms with van der Waals surface area (Å²) in [5.74, 6) is 2.25. The highest BCUT2D eigenvalue weighted by molar-refractivity contribution is 6.24. The Kier molecular flexibility index (Phi) is 6.42. The van der Waals surface area contributed by atoms with E-state index in [2.05, 4.69) is 26.8 Å². The Balaban J connectivity index is 1.54. The van der Waals surface area contributed by atoms with Gasteiger partial charge in [-0.05, 0) is 30.3 Å². The van der Waals surface area contributed by atoms with Crippen LogP contribution in [0.5, 0.6) is 5.75 Å². The number of nitrogens with two attached hydrogens (primary N) is 1. The minimum Gasteiger partial charge on any atom is -0.432 e. The lowest BCUT2D eigenvalue weighted by Gasteiger charge is -2.28. The number of carbonyl (C=O) groups excluding carboxylic acids is 1. The molecule has 3 N–H and O–H groups in total. The molecule has 2 aliphatic rings. The average Bonchev–Trinajstić information content (AvgIpc) is 3.27. The number of amides is 1. The Morgan fingerprint density at radius 2 is 2.06 bits per heavy atom. The molecule has 0 atom stereocenters. The summed E-state index contributed by atoms with van der Waals surface area (Å²) < 4.78 is 11.6. The van der Waals surface area contributed by atoms with Crippen LogP contribution in [0.25, 0.3) is 17.0 Å². The van der Waals surface area contributed by atoms with Gasteiger partial charge in [-0.2, -0.15) is 0 Å². The van der Waals surface area contributed by atoms with Crippen molar-refractivity contribution in [3.63, 3.8) is 0 Å². The fourth-order valence-electron chi connectivity index (χ4n) is 4.00. The molecular formula is C26H25N7O3. The number of aromatic nitrogens is 3. The molecule has 5 rings (SSSR count). The zero-order chi connectivity index (χ0) is 25.1. The number of aliphatic imine (C=N–C) groups is 1. The zero-order valence-corrected chi connectivity index (χ0v) is 19.8. The van der Waals surface area contributed by atoms with Gasteiger partial charge in [-0.1, -0.05) is 24.8 Å². The number of nitrogens with zero attached hydrogens (tertiary/aromatic N) is 5. The molecule has 2 aromatic heterocycles. The van der Waals surface area contributed by atoms with Gasteiger partial charge in [0.25, 0.3) is 5.91 Å². The summed E-state index contributed by atoms with van der Waals surface area (Å²) in [6.45, 7) is 6.37. The van der Waals surface area contributed by atoms with Gasteiger partial charge in [-0.3, -0.25) is 9.79 Å². The largest absolute Gasteiger partial charge is 0.432 e. The molecule has 4 heterocycles. The van der Waals surface area contributed by atoms with Crippen LogP contribution < -0.4 is 20.7 Å². The van der Waals surface area contributed by atoms with E-state index < -0.39 is 0 Å². The summed E-state index contributed by atoms with van der Waals surface area (Å²) in [6, 6.07) is 10.6. The molecule has 10 heteroatoms. The number of nitrogen functional groups attached to an aromatic ring is 1. The molecule has 1 amide bonds. The van der Waals surface area contributed by atoms with Crippen molar-refractivity contribution in [3.8, 4) is 17.1 Å². The summed E-state index contributed by atoms with van der Waals surface area (Å²) >= 11 is 0. The highest BCUT2D eigenvalue weighted by Gasteiger charge is 2.33. The first kappa shape index (κ1) is 23.2. The first-order valence-corrected chi connectivity index (χ1v) is 11.4. The number of allylic oxidation sites excluding steroid dienone is 2. The molecular weight excluding hydrogens is 458 g/mol. The number of carbonyl (C=O) groups is 1. The van der Waals surface area contributed by atoms with Crippen molar-refractivity contribution in [2.45, 2.75) is 0 Å².